The van der Waals surface area contributed by atoms with Crippen LogP contribution in [-0.4, -0.2) is 13.4 Å². The van der Waals surface area contributed by atoms with Crippen molar-refractivity contribution in [2.24, 2.45) is 10.9 Å². The fraction of sp³-hybridized carbons (Fsp3) is 0.0714. The molecule has 0 aromatic heterocycles. The van der Waals surface area contributed by atoms with Crippen LogP contribution in [0.3, 0.4) is 0 Å². The zero-order valence-electron chi connectivity index (χ0n) is 11.3. The van der Waals surface area contributed by atoms with Crippen molar-refractivity contribution in [3.05, 3.63) is 53.6 Å². The minimum absolute atomic E-state index is 0.0624. The first kappa shape index (κ1) is 15.4. The second-order valence-corrected chi connectivity index (χ2v) is 6.56. The molecule has 0 saturated carbocycles. The molecule has 5 N–H and O–H groups in total. The van der Waals surface area contributed by atoms with Gasteiger partial charge < -0.3 is 11.1 Å². The first-order chi connectivity index (χ1) is 9.79. The molecular weight excluding hydrogens is 306 g/mol. The standard InChI is InChI=1S/C14H15N3O2S2/c1-9-3-2-4-12(14(15)20)13(9)17-10-5-7-11(8-6-10)21(16,18)19/h2-8,17H,1H3,(H2,15,20)(H2,16,18,19). The minimum atomic E-state index is -3.69. The van der Waals surface area contributed by atoms with Gasteiger partial charge in [-0.2, -0.15) is 0 Å². The van der Waals surface area contributed by atoms with Crippen LogP contribution in [0.2, 0.25) is 0 Å². The fourth-order valence-electron chi connectivity index (χ4n) is 1.91. The third-order valence-electron chi connectivity index (χ3n) is 2.99. The van der Waals surface area contributed by atoms with Crippen molar-refractivity contribution < 1.29 is 8.42 Å². The van der Waals surface area contributed by atoms with Gasteiger partial charge in [0.1, 0.15) is 4.99 Å². The van der Waals surface area contributed by atoms with Crippen molar-refractivity contribution in [3.8, 4) is 0 Å². The number of thiocarbonyl (C=S) groups is 1. The van der Waals surface area contributed by atoms with Gasteiger partial charge in [-0.15, -0.1) is 0 Å². The normalized spacial score (nSPS) is 11.1. The maximum Gasteiger partial charge on any atom is 0.238 e. The molecule has 2 rings (SSSR count). The maximum absolute atomic E-state index is 11.2. The topological polar surface area (TPSA) is 98.2 Å². The van der Waals surface area contributed by atoms with Gasteiger partial charge in [0.25, 0.3) is 0 Å². The van der Waals surface area contributed by atoms with Crippen molar-refractivity contribution in [1.82, 2.24) is 0 Å². The highest BCUT2D eigenvalue weighted by Gasteiger charge is 2.10. The lowest BCUT2D eigenvalue weighted by Crippen LogP contribution is -2.13. The highest BCUT2D eigenvalue weighted by Crippen LogP contribution is 2.25. The number of hydrogen-bond acceptors (Lipinski definition) is 4. The molecule has 0 spiro atoms. The predicted octanol–water partition coefficient (Wildman–Crippen LogP) is 2.02. The largest absolute Gasteiger partial charge is 0.389 e. The van der Waals surface area contributed by atoms with Gasteiger partial charge in [0.15, 0.2) is 0 Å². The van der Waals surface area contributed by atoms with Gasteiger partial charge in [-0.1, -0.05) is 24.4 Å². The van der Waals surface area contributed by atoms with Crippen LogP contribution < -0.4 is 16.2 Å². The second-order valence-electron chi connectivity index (χ2n) is 4.56. The smallest absolute Gasteiger partial charge is 0.238 e. The Balaban J connectivity index is 2.37. The number of benzene rings is 2. The maximum atomic E-state index is 11.2. The molecule has 2 aromatic carbocycles. The Hall–Kier alpha value is -1.96. The van der Waals surface area contributed by atoms with Gasteiger partial charge in [0.05, 0.1) is 10.6 Å². The predicted molar refractivity (Wildman–Crippen MR) is 88.2 cm³/mol. The Morgan fingerprint density at radius 2 is 1.76 bits per heavy atom. The van der Waals surface area contributed by atoms with E-state index in [4.69, 9.17) is 23.1 Å². The second kappa shape index (κ2) is 5.80. The minimum Gasteiger partial charge on any atom is -0.389 e. The molecule has 0 atom stereocenters. The van der Waals surface area contributed by atoms with Crippen LogP contribution >= 0.6 is 12.2 Å². The van der Waals surface area contributed by atoms with Crippen molar-refractivity contribution in [2.45, 2.75) is 11.8 Å². The number of anilines is 2. The highest BCUT2D eigenvalue weighted by molar-refractivity contribution is 7.89. The molecule has 7 heteroatoms. The zero-order chi connectivity index (χ0) is 15.6. The average molecular weight is 321 g/mol. The van der Waals surface area contributed by atoms with Crippen LogP contribution in [0.4, 0.5) is 11.4 Å². The summed E-state index contributed by atoms with van der Waals surface area (Å²) < 4.78 is 22.4. The summed E-state index contributed by atoms with van der Waals surface area (Å²) in [5, 5.41) is 8.26. The van der Waals surface area contributed by atoms with E-state index in [0.29, 0.717) is 10.7 Å². The number of sulfonamides is 1. The van der Waals surface area contributed by atoms with Gasteiger partial charge in [0.2, 0.25) is 10.0 Å². The summed E-state index contributed by atoms with van der Waals surface area (Å²) in [6.07, 6.45) is 0. The molecule has 0 bridgehead atoms. The first-order valence-corrected chi connectivity index (χ1v) is 8.04. The molecular formula is C14H15N3O2S2. The zero-order valence-corrected chi connectivity index (χ0v) is 13.0. The van der Waals surface area contributed by atoms with E-state index in [1.54, 1.807) is 12.1 Å². The summed E-state index contributed by atoms with van der Waals surface area (Å²) in [7, 11) is -3.69. The molecule has 0 aliphatic rings. The molecule has 110 valence electrons. The number of rotatable bonds is 4. The van der Waals surface area contributed by atoms with Gasteiger partial charge in [-0.05, 0) is 42.8 Å². The third kappa shape index (κ3) is 3.57. The first-order valence-electron chi connectivity index (χ1n) is 6.08. The SMILES string of the molecule is Cc1cccc(C(N)=S)c1Nc1ccc(S(N)(=O)=O)cc1. The quantitative estimate of drug-likeness (QED) is 0.748. The Morgan fingerprint density at radius 1 is 1.14 bits per heavy atom. The number of para-hydroxylation sites is 1. The van der Waals surface area contributed by atoms with E-state index in [-0.39, 0.29) is 4.90 Å². The summed E-state index contributed by atoms with van der Waals surface area (Å²) >= 11 is 5.04. The summed E-state index contributed by atoms with van der Waals surface area (Å²) in [6, 6.07) is 11.8. The molecule has 5 nitrogen and oxygen atoms in total. The number of primary sulfonamides is 1. The van der Waals surface area contributed by atoms with Crippen molar-refractivity contribution in [2.75, 3.05) is 5.32 Å². The van der Waals surface area contributed by atoms with Gasteiger partial charge >= 0.3 is 0 Å². The number of hydrogen-bond donors (Lipinski definition) is 3. The fourth-order valence-corrected chi connectivity index (χ4v) is 2.60. The molecule has 0 aliphatic carbocycles. The van der Waals surface area contributed by atoms with Crippen LogP contribution in [-0.2, 0) is 10.0 Å². The van der Waals surface area contributed by atoms with Crippen LogP contribution in [0, 0.1) is 6.92 Å². The summed E-state index contributed by atoms with van der Waals surface area (Å²) in [5.41, 5.74) is 8.95. The molecule has 2 aromatic rings. The molecule has 0 saturated heterocycles. The molecule has 21 heavy (non-hydrogen) atoms. The van der Waals surface area contributed by atoms with Crippen molar-refractivity contribution >= 4 is 38.6 Å². The molecule has 0 heterocycles. The summed E-state index contributed by atoms with van der Waals surface area (Å²) in [6.45, 7) is 1.93. The number of nitrogens with one attached hydrogen (secondary N) is 1. The third-order valence-corrected chi connectivity index (χ3v) is 4.14. The van der Waals surface area contributed by atoms with Crippen molar-refractivity contribution in [1.29, 1.82) is 0 Å². The lowest BCUT2D eigenvalue weighted by atomic mass is 10.1. The van der Waals surface area contributed by atoms with E-state index in [0.717, 1.165) is 16.8 Å². The molecule has 0 unspecified atom stereocenters. The van der Waals surface area contributed by atoms with E-state index in [2.05, 4.69) is 5.32 Å². The Bertz CT molecular complexity index is 784. The van der Waals surface area contributed by atoms with E-state index < -0.39 is 10.0 Å². The van der Waals surface area contributed by atoms with E-state index >= 15 is 0 Å². The molecule has 0 amide bonds. The number of nitrogens with two attached hydrogens (primary N) is 2. The molecule has 0 radical (unpaired) electrons. The highest BCUT2D eigenvalue weighted by atomic mass is 32.2. The van der Waals surface area contributed by atoms with Gasteiger partial charge in [-0.3, -0.25) is 0 Å². The monoisotopic (exact) mass is 321 g/mol. The lowest BCUT2D eigenvalue weighted by Gasteiger charge is -2.14. The van der Waals surface area contributed by atoms with Crippen LogP contribution in [0.15, 0.2) is 47.4 Å². The van der Waals surface area contributed by atoms with E-state index in [1.165, 1.54) is 12.1 Å². The van der Waals surface area contributed by atoms with Gasteiger partial charge in [0, 0.05) is 11.3 Å². The summed E-state index contributed by atoms with van der Waals surface area (Å²) in [4.78, 5) is 0.356. The Morgan fingerprint density at radius 3 is 2.29 bits per heavy atom. The number of aryl methyl sites for hydroxylation is 1. The van der Waals surface area contributed by atoms with Crippen LogP contribution in [0.5, 0.6) is 0 Å². The molecule has 0 aliphatic heterocycles. The average Bonchev–Trinajstić information content (AvgIpc) is 2.40. The Labute approximate surface area is 129 Å². The van der Waals surface area contributed by atoms with Gasteiger partial charge in [-0.25, -0.2) is 13.6 Å². The van der Waals surface area contributed by atoms with E-state index in [9.17, 15) is 8.42 Å². The lowest BCUT2D eigenvalue weighted by molar-refractivity contribution is 0.598. The molecule has 0 fully saturated rings. The summed E-state index contributed by atoms with van der Waals surface area (Å²) in [5.74, 6) is 0. The van der Waals surface area contributed by atoms with E-state index in [1.807, 2.05) is 25.1 Å². The Kier molecular flexibility index (Phi) is 4.26. The van der Waals surface area contributed by atoms with Crippen LogP contribution in [0.25, 0.3) is 0 Å². The van der Waals surface area contributed by atoms with Crippen molar-refractivity contribution in [3.63, 3.8) is 0 Å². The van der Waals surface area contributed by atoms with Crippen LogP contribution in [0.1, 0.15) is 11.1 Å².